The van der Waals surface area contributed by atoms with Crippen LogP contribution in [0.3, 0.4) is 0 Å². The molecule has 0 radical (unpaired) electrons. The molecule has 0 rings (SSSR count). The Balaban J connectivity index is 3.80. The first-order valence-corrected chi connectivity index (χ1v) is 4.48. The first-order valence-electron chi connectivity index (χ1n) is 4.48. The summed E-state index contributed by atoms with van der Waals surface area (Å²) >= 11 is 0. The molecule has 0 amide bonds. The summed E-state index contributed by atoms with van der Waals surface area (Å²) in [7, 11) is 0. The lowest BCUT2D eigenvalue weighted by atomic mass is 9.98. The number of hydrogen-bond acceptors (Lipinski definition) is 1. The van der Waals surface area contributed by atoms with E-state index in [1.165, 1.54) is 12.0 Å². The molecule has 0 spiro atoms. The van der Waals surface area contributed by atoms with Crippen molar-refractivity contribution < 1.29 is 0 Å². The molecule has 1 N–H and O–H groups in total. The molecule has 1 heteroatoms. The fraction of sp³-hybridized carbons (Fsp3) is 0.800. The van der Waals surface area contributed by atoms with E-state index < -0.39 is 0 Å². The van der Waals surface area contributed by atoms with Gasteiger partial charge < -0.3 is 5.32 Å². The van der Waals surface area contributed by atoms with Crippen LogP contribution in [0.4, 0.5) is 0 Å². The predicted octanol–water partition coefficient (Wildman–Crippen LogP) is 2.59. The zero-order valence-corrected chi connectivity index (χ0v) is 8.28. The van der Waals surface area contributed by atoms with Crippen molar-refractivity contribution in [2.75, 3.05) is 6.54 Å². The third-order valence-electron chi connectivity index (χ3n) is 1.81. The van der Waals surface area contributed by atoms with Crippen molar-refractivity contribution in [3.8, 4) is 0 Å². The fourth-order valence-electron chi connectivity index (χ4n) is 1.28. The summed E-state index contributed by atoms with van der Waals surface area (Å²) in [4.78, 5) is 0. The molecule has 0 aromatic rings. The Morgan fingerprint density at radius 3 is 2.27 bits per heavy atom. The summed E-state index contributed by atoms with van der Waals surface area (Å²) in [6.07, 6.45) is 1.19. The average molecular weight is 155 g/mol. The topological polar surface area (TPSA) is 12.0 Å². The molecule has 0 aliphatic carbocycles. The first-order chi connectivity index (χ1) is 5.09. The van der Waals surface area contributed by atoms with Crippen LogP contribution in [-0.2, 0) is 0 Å². The van der Waals surface area contributed by atoms with Gasteiger partial charge in [-0.2, -0.15) is 0 Å². The van der Waals surface area contributed by atoms with Crippen LogP contribution in [0.5, 0.6) is 0 Å². The van der Waals surface area contributed by atoms with Gasteiger partial charge in [0.05, 0.1) is 0 Å². The molecule has 0 aromatic carbocycles. The largest absolute Gasteiger partial charge is 0.310 e. The molecule has 1 atom stereocenters. The SMILES string of the molecule is C=C(C)C(NCCC)C(C)C. The van der Waals surface area contributed by atoms with E-state index in [-0.39, 0.29) is 0 Å². The molecule has 11 heavy (non-hydrogen) atoms. The average Bonchev–Trinajstić information content (AvgIpc) is 1.87. The lowest BCUT2D eigenvalue weighted by Gasteiger charge is -2.22. The monoisotopic (exact) mass is 155 g/mol. The molecule has 0 saturated heterocycles. The summed E-state index contributed by atoms with van der Waals surface area (Å²) in [5, 5.41) is 3.47. The van der Waals surface area contributed by atoms with Crippen molar-refractivity contribution in [2.24, 2.45) is 5.92 Å². The van der Waals surface area contributed by atoms with Crippen LogP contribution >= 0.6 is 0 Å². The van der Waals surface area contributed by atoms with Gasteiger partial charge in [-0.15, -0.1) is 0 Å². The maximum absolute atomic E-state index is 3.97. The second-order valence-corrected chi connectivity index (χ2v) is 3.52. The summed E-state index contributed by atoms with van der Waals surface area (Å²) < 4.78 is 0. The summed E-state index contributed by atoms with van der Waals surface area (Å²) in [6.45, 7) is 13.8. The van der Waals surface area contributed by atoms with E-state index in [2.05, 4.69) is 39.6 Å². The van der Waals surface area contributed by atoms with Crippen LogP contribution in [0.2, 0.25) is 0 Å². The van der Waals surface area contributed by atoms with E-state index >= 15 is 0 Å². The highest BCUT2D eigenvalue weighted by Gasteiger charge is 2.11. The predicted molar refractivity (Wildman–Crippen MR) is 51.7 cm³/mol. The summed E-state index contributed by atoms with van der Waals surface area (Å²) in [5.74, 6) is 0.652. The zero-order valence-electron chi connectivity index (χ0n) is 8.28. The van der Waals surface area contributed by atoms with Gasteiger partial charge in [0, 0.05) is 6.04 Å². The van der Waals surface area contributed by atoms with Crippen LogP contribution < -0.4 is 5.32 Å². The molecule has 0 aliphatic heterocycles. The van der Waals surface area contributed by atoms with E-state index in [0.717, 1.165) is 6.54 Å². The zero-order chi connectivity index (χ0) is 8.85. The highest BCUT2D eigenvalue weighted by Crippen LogP contribution is 2.09. The molecule has 0 aromatic heterocycles. The Kier molecular flexibility index (Phi) is 5.22. The van der Waals surface area contributed by atoms with Gasteiger partial charge in [-0.25, -0.2) is 0 Å². The van der Waals surface area contributed by atoms with Gasteiger partial charge in [-0.3, -0.25) is 0 Å². The number of hydrogen-bond donors (Lipinski definition) is 1. The minimum absolute atomic E-state index is 0.495. The van der Waals surface area contributed by atoms with Gasteiger partial charge in [0.25, 0.3) is 0 Å². The van der Waals surface area contributed by atoms with Crippen molar-refractivity contribution in [3.05, 3.63) is 12.2 Å². The molecule has 1 unspecified atom stereocenters. The molecule has 0 bridgehead atoms. The standard InChI is InChI=1S/C10H21N/c1-6-7-11-10(8(2)3)9(4)5/h9-11H,2,6-7H2,1,3-5H3. The quantitative estimate of drug-likeness (QED) is 0.602. The van der Waals surface area contributed by atoms with Crippen molar-refractivity contribution in [2.45, 2.75) is 40.2 Å². The third kappa shape index (κ3) is 4.20. The van der Waals surface area contributed by atoms with E-state index in [1.54, 1.807) is 0 Å². The fourth-order valence-corrected chi connectivity index (χ4v) is 1.28. The van der Waals surface area contributed by atoms with Crippen LogP contribution in [0.1, 0.15) is 34.1 Å². The first kappa shape index (κ1) is 10.7. The van der Waals surface area contributed by atoms with Gasteiger partial charge in [-0.05, 0) is 25.8 Å². The smallest absolute Gasteiger partial charge is 0.0297 e. The van der Waals surface area contributed by atoms with Crippen molar-refractivity contribution in [1.29, 1.82) is 0 Å². The van der Waals surface area contributed by atoms with Gasteiger partial charge in [0.1, 0.15) is 0 Å². The van der Waals surface area contributed by atoms with Crippen molar-refractivity contribution in [3.63, 3.8) is 0 Å². The molecule has 1 nitrogen and oxygen atoms in total. The van der Waals surface area contributed by atoms with Crippen LogP contribution in [0.25, 0.3) is 0 Å². The lowest BCUT2D eigenvalue weighted by molar-refractivity contribution is 0.447. The Morgan fingerprint density at radius 1 is 1.45 bits per heavy atom. The normalized spacial score (nSPS) is 13.5. The van der Waals surface area contributed by atoms with E-state index in [1.807, 2.05) is 0 Å². The van der Waals surface area contributed by atoms with Gasteiger partial charge >= 0.3 is 0 Å². The van der Waals surface area contributed by atoms with Gasteiger partial charge in [0.15, 0.2) is 0 Å². The van der Waals surface area contributed by atoms with Crippen molar-refractivity contribution in [1.82, 2.24) is 5.32 Å². The number of rotatable bonds is 5. The summed E-state index contributed by atoms with van der Waals surface area (Å²) in [6, 6.07) is 0.495. The van der Waals surface area contributed by atoms with Gasteiger partial charge in [-0.1, -0.05) is 32.9 Å². The maximum Gasteiger partial charge on any atom is 0.0297 e. The Hall–Kier alpha value is -0.300. The minimum atomic E-state index is 0.495. The molecular weight excluding hydrogens is 134 g/mol. The Morgan fingerprint density at radius 2 is 2.00 bits per heavy atom. The second kappa shape index (κ2) is 5.36. The summed E-state index contributed by atoms with van der Waals surface area (Å²) in [5.41, 5.74) is 1.24. The lowest BCUT2D eigenvalue weighted by Crippen LogP contribution is -2.34. The molecule has 0 heterocycles. The maximum atomic E-state index is 3.97. The Bertz CT molecular complexity index is 116. The van der Waals surface area contributed by atoms with E-state index in [9.17, 15) is 0 Å². The Labute approximate surface area is 70.9 Å². The molecule has 0 saturated carbocycles. The van der Waals surface area contributed by atoms with Crippen LogP contribution in [0.15, 0.2) is 12.2 Å². The van der Waals surface area contributed by atoms with Crippen molar-refractivity contribution >= 4 is 0 Å². The van der Waals surface area contributed by atoms with Crippen LogP contribution in [0, 0.1) is 5.92 Å². The highest BCUT2D eigenvalue weighted by molar-refractivity contribution is 5.02. The second-order valence-electron chi connectivity index (χ2n) is 3.52. The molecule has 0 aliphatic rings. The van der Waals surface area contributed by atoms with Gasteiger partial charge in [0.2, 0.25) is 0 Å². The number of nitrogens with one attached hydrogen (secondary N) is 1. The molecular formula is C10H21N. The minimum Gasteiger partial charge on any atom is -0.310 e. The molecule has 66 valence electrons. The van der Waals surface area contributed by atoms with E-state index in [0.29, 0.717) is 12.0 Å². The highest BCUT2D eigenvalue weighted by atomic mass is 14.9. The van der Waals surface area contributed by atoms with Crippen LogP contribution in [-0.4, -0.2) is 12.6 Å². The van der Waals surface area contributed by atoms with E-state index in [4.69, 9.17) is 0 Å². The molecule has 0 fully saturated rings. The third-order valence-corrected chi connectivity index (χ3v) is 1.81.